The van der Waals surface area contributed by atoms with Crippen LogP contribution in [0.2, 0.25) is 0 Å². The molecule has 2 rings (SSSR count). The van der Waals surface area contributed by atoms with Crippen LogP contribution in [0, 0.1) is 0 Å². The van der Waals surface area contributed by atoms with Gasteiger partial charge in [-0.15, -0.1) is 0 Å². The van der Waals surface area contributed by atoms with Gasteiger partial charge in [0, 0.05) is 0 Å². The molecule has 0 aliphatic carbocycles. The molecule has 114 valence electrons. The normalized spacial score (nSPS) is 11.2. The summed E-state index contributed by atoms with van der Waals surface area (Å²) in [6.45, 7) is 5.26. The van der Waals surface area contributed by atoms with Crippen molar-refractivity contribution in [1.82, 2.24) is 0 Å². The largest absolute Gasteiger partial charge is 0.494 e. The lowest BCUT2D eigenvalue weighted by Crippen LogP contribution is -1.91. The van der Waals surface area contributed by atoms with Crippen molar-refractivity contribution >= 4 is 12.4 Å². The molecule has 0 aliphatic rings. The number of benzene rings is 2. The Hall–Kier alpha value is -2.62. The molecule has 0 spiro atoms. The minimum Gasteiger partial charge on any atom is -0.494 e. The predicted octanol–water partition coefficient (Wildman–Crippen LogP) is 3.94. The Morgan fingerprint density at radius 1 is 0.682 bits per heavy atom. The summed E-state index contributed by atoms with van der Waals surface area (Å²) in [5.41, 5.74) is 1.96. The molecule has 0 atom stereocenters. The van der Waals surface area contributed by atoms with Gasteiger partial charge in [0.2, 0.25) is 0 Å². The molecule has 2 aromatic carbocycles. The Labute approximate surface area is 131 Å². The topological polar surface area (TPSA) is 43.2 Å². The number of nitrogens with zero attached hydrogens (tertiary/aromatic N) is 2. The maximum absolute atomic E-state index is 5.39. The number of hydrogen-bond acceptors (Lipinski definition) is 4. The van der Waals surface area contributed by atoms with Gasteiger partial charge >= 0.3 is 0 Å². The standard InChI is InChI=1S/C18H20N2O2/c1-3-21-17-9-5-15(6-10-17)13-19-20-14-16-7-11-18(12-8-16)22-4-2/h5-14H,3-4H2,1-2H3. The number of ether oxygens (including phenoxy) is 2. The first-order valence-corrected chi connectivity index (χ1v) is 7.34. The van der Waals surface area contributed by atoms with Crippen molar-refractivity contribution < 1.29 is 9.47 Å². The zero-order valence-electron chi connectivity index (χ0n) is 12.9. The van der Waals surface area contributed by atoms with Crippen molar-refractivity contribution in [2.75, 3.05) is 13.2 Å². The maximum Gasteiger partial charge on any atom is 0.119 e. The molecule has 0 N–H and O–H groups in total. The van der Waals surface area contributed by atoms with Gasteiger partial charge in [-0.1, -0.05) is 0 Å². The fourth-order valence-electron chi connectivity index (χ4n) is 1.83. The minimum atomic E-state index is 0.666. The molecule has 0 saturated carbocycles. The number of rotatable bonds is 7. The van der Waals surface area contributed by atoms with Crippen LogP contribution in [0.25, 0.3) is 0 Å². The zero-order chi connectivity index (χ0) is 15.6. The highest BCUT2D eigenvalue weighted by molar-refractivity contribution is 5.82. The second kappa shape index (κ2) is 8.62. The maximum atomic E-state index is 5.39. The quantitative estimate of drug-likeness (QED) is 0.574. The van der Waals surface area contributed by atoms with E-state index in [1.54, 1.807) is 12.4 Å². The predicted molar refractivity (Wildman–Crippen MR) is 90.4 cm³/mol. The molecule has 0 aromatic heterocycles. The van der Waals surface area contributed by atoms with E-state index >= 15 is 0 Å². The molecule has 0 saturated heterocycles. The van der Waals surface area contributed by atoms with Crippen LogP contribution < -0.4 is 9.47 Å². The van der Waals surface area contributed by atoms with E-state index in [0.717, 1.165) is 22.6 Å². The minimum absolute atomic E-state index is 0.666. The summed E-state index contributed by atoms with van der Waals surface area (Å²) in [4.78, 5) is 0. The zero-order valence-corrected chi connectivity index (χ0v) is 12.9. The highest BCUT2D eigenvalue weighted by Gasteiger charge is 1.93. The Bertz CT molecular complexity index is 559. The summed E-state index contributed by atoms with van der Waals surface area (Å²) in [5, 5.41) is 8.09. The molecule has 0 aliphatic heterocycles. The van der Waals surface area contributed by atoms with Crippen molar-refractivity contribution in [3.63, 3.8) is 0 Å². The summed E-state index contributed by atoms with van der Waals surface area (Å²) in [7, 11) is 0. The van der Waals surface area contributed by atoms with Gasteiger partial charge < -0.3 is 9.47 Å². The first kappa shape index (κ1) is 15.8. The van der Waals surface area contributed by atoms with Gasteiger partial charge in [0.15, 0.2) is 0 Å². The van der Waals surface area contributed by atoms with Crippen LogP contribution >= 0.6 is 0 Å². The molecule has 4 nitrogen and oxygen atoms in total. The third-order valence-electron chi connectivity index (χ3n) is 2.86. The van der Waals surface area contributed by atoms with Crippen LogP contribution in [0.1, 0.15) is 25.0 Å². The van der Waals surface area contributed by atoms with Gasteiger partial charge in [-0.05, 0) is 73.5 Å². The van der Waals surface area contributed by atoms with E-state index in [2.05, 4.69) is 10.2 Å². The van der Waals surface area contributed by atoms with E-state index in [1.165, 1.54) is 0 Å². The van der Waals surface area contributed by atoms with Gasteiger partial charge in [-0.3, -0.25) is 0 Å². The van der Waals surface area contributed by atoms with Gasteiger partial charge in [-0.25, -0.2) is 0 Å². The van der Waals surface area contributed by atoms with Crippen molar-refractivity contribution in [2.24, 2.45) is 10.2 Å². The van der Waals surface area contributed by atoms with Crippen molar-refractivity contribution in [3.8, 4) is 11.5 Å². The molecule has 0 heterocycles. The van der Waals surface area contributed by atoms with Crippen molar-refractivity contribution in [2.45, 2.75) is 13.8 Å². The second-order valence-electron chi connectivity index (χ2n) is 4.49. The van der Waals surface area contributed by atoms with Crippen molar-refractivity contribution in [1.29, 1.82) is 0 Å². The van der Waals surface area contributed by atoms with Crippen LogP contribution in [0.3, 0.4) is 0 Å². The average Bonchev–Trinajstić information content (AvgIpc) is 2.55. The monoisotopic (exact) mass is 296 g/mol. The molecule has 0 bridgehead atoms. The molecule has 22 heavy (non-hydrogen) atoms. The third kappa shape index (κ3) is 5.05. The van der Waals surface area contributed by atoms with Crippen LogP contribution in [-0.2, 0) is 0 Å². The van der Waals surface area contributed by atoms with E-state index in [-0.39, 0.29) is 0 Å². The SMILES string of the molecule is CCOc1ccc(C=NN=Cc2ccc(OCC)cc2)cc1. The van der Waals surface area contributed by atoms with Gasteiger partial charge in [-0.2, -0.15) is 10.2 Å². The van der Waals surface area contributed by atoms with Gasteiger partial charge in [0.1, 0.15) is 11.5 Å². The highest BCUT2D eigenvalue weighted by atomic mass is 16.5. The summed E-state index contributed by atoms with van der Waals surface area (Å²) in [6, 6.07) is 15.5. The molecular weight excluding hydrogens is 276 g/mol. The van der Waals surface area contributed by atoms with Crippen LogP contribution in [0.4, 0.5) is 0 Å². The fourth-order valence-corrected chi connectivity index (χ4v) is 1.83. The molecule has 0 radical (unpaired) electrons. The van der Waals surface area contributed by atoms with Crippen molar-refractivity contribution in [3.05, 3.63) is 59.7 Å². The van der Waals surface area contributed by atoms with Crippen LogP contribution in [-0.4, -0.2) is 25.6 Å². The van der Waals surface area contributed by atoms with Gasteiger partial charge in [0.25, 0.3) is 0 Å². The molecule has 0 fully saturated rings. The summed E-state index contributed by atoms with van der Waals surface area (Å²) in [5.74, 6) is 1.72. The Morgan fingerprint density at radius 3 is 1.36 bits per heavy atom. The first-order chi connectivity index (χ1) is 10.8. The lowest BCUT2D eigenvalue weighted by molar-refractivity contribution is 0.340. The van der Waals surface area contributed by atoms with E-state index in [1.807, 2.05) is 62.4 Å². The Kier molecular flexibility index (Phi) is 6.18. The average molecular weight is 296 g/mol. The third-order valence-corrected chi connectivity index (χ3v) is 2.86. The highest BCUT2D eigenvalue weighted by Crippen LogP contribution is 2.11. The van der Waals surface area contributed by atoms with E-state index in [0.29, 0.717) is 13.2 Å². The number of hydrogen-bond donors (Lipinski definition) is 0. The van der Waals surface area contributed by atoms with E-state index in [4.69, 9.17) is 9.47 Å². The lowest BCUT2D eigenvalue weighted by atomic mass is 10.2. The molecule has 2 aromatic rings. The second-order valence-corrected chi connectivity index (χ2v) is 4.49. The fraction of sp³-hybridized carbons (Fsp3) is 0.222. The van der Waals surface area contributed by atoms with E-state index in [9.17, 15) is 0 Å². The molecule has 4 heteroatoms. The Balaban J connectivity index is 1.90. The first-order valence-electron chi connectivity index (χ1n) is 7.34. The smallest absolute Gasteiger partial charge is 0.119 e. The molecule has 0 amide bonds. The molecule has 0 unspecified atom stereocenters. The summed E-state index contributed by atoms with van der Waals surface area (Å²) < 4.78 is 10.8. The summed E-state index contributed by atoms with van der Waals surface area (Å²) in [6.07, 6.45) is 3.42. The van der Waals surface area contributed by atoms with Gasteiger partial charge in [0.05, 0.1) is 25.6 Å². The molecular formula is C18H20N2O2. The van der Waals surface area contributed by atoms with Crippen LogP contribution in [0.5, 0.6) is 11.5 Å². The van der Waals surface area contributed by atoms with E-state index < -0.39 is 0 Å². The summed E-state index contributed by atoms with van der Waals surface area (Å²) >= 11 is 0. The Morgan fingerprint density at radius 2 is 1.05 bits per heavy atom. The van der Waals surface area contributed by atoms with Crippen LogP contribution in [0.15, 0.2) is 58.7 Å². The lowest BCUT2D eigenvalue weighted by Gasteiger charge is -2.01.